The summed E-state index contributed by atoms with van der Waals surface area (Å²) in [6.45, 7) is 6.81. The Morgan fingerprint density at radius 1 is 1.09 bits per heavy atom. The van der Waals surface area contributed by atoms with Gasteiger partial charge in [-0.2, -0.15) is 10.2 Å². The average Bonchev–Trinajstić information content (AvgIpc) is 3.47. The second-order valence-electron chi connectivity index (χ2n) is 8.02. The van der Waals surface area contributed by atoms with Crippen LogP contribution in [0.25, 0.3) is 16.6 Å². The molecule has 1 aromatic carbocycles. The van der Waals surface area contributed by atoms with Gasteiger partial charge in [-0.15, -0.1) is 5.10 Å². The first-order valence-corrected chi connectivity index (χ1v) is 11.2. The minimum absolute atomic E-state index is 0.103. The van der Waals surface area contributed by atoms with E-state index in [0.29, 0.717) is 37.7 Å². The lowest BCUT2D eigenvalue weighted by Gasteiger charge is -2.35. The van der Waals surface area contributed by atoms with Crippen LogP contribution in [0.15, 0.2) is 47.1 Å². The van der Waals surface area contributed by atoms with E-state index in [1.807, 2.05) is 48.9 Å². The smallest absolute Gasteiger partial charge is 0.317 e. The fourth-order valence-corrected chi connectivity index (χ4v) is 4.29. The summed E-state index contributed by atoms with van der Waals surface area (Å²) in [6.07, 6.45) is 1.60. The van der Waals surface area contributed by atoms with Crippen LogP contribution in [0, 0.1) is 13.8 Å². The Hall–Kier alpha value is -3.59. The molecule has 3 aromatic heterocycles. The first-order chi connectivity index (χ1) is 16.0. The fraction of sp³-hybridized carbons (Fsp3) is 0.304. The predicted octanol–water partition coefficient (Wildman–Crippen LogP) is 3.71. The number of carbonyl (C=O) groups is 1. The summed E-state index contributed by atoms with van der Waals surface area (Å²) >= 11 is 6.06. The van der Waals surface area contributed by atoms with E-state index in [-0.39, 0.29) is 6.03 Å². The predicted molar refractivity (Wildman–Crippen MR) is 126 cm³/mol. The van der Waals surface area contributed by atoms with Crippen molar-refractivity contribution >= 4 is 34.4 Å². The van der Waals surface area contributed by atoms with E-state index in [0.717, 1.165) is 39.6 Å². The molecule has 1 aliphatic rings. The van der Waals surface area contributed by atoms with Crippen molar-refractivity contribution in [2.45, 2.75) is 20.4 Å². The zero-order valence-electron chi connectivity index (χ0n) is 18.5. The Kier molecular flexibility index (Phi) is 5.63. The van der Waals surface area contributed by atoms with Crippen LogP contribution in [0.3, 0.4) is 0 Å². The number of fused-ring (bicyclic) bond motifs is 1. The van der Waals surface area contributed by atoms with Crippen LogP contribution >= 0.6 is 11.6 Å². The Labute approximate surface area is 195 Å². The summed E-state index contributed by atoms with van der Waals surface area (Å²) in [5.74, 6) is 1.47. The van der Waals surface area contributed by atoms with Crippen molar-refractivity contribution in [3.63, 3.8) is 0 Å². The summed E-state index contributed by atoms with van der Waals surface area (Å²) in [5.41, 5.74) is 3.57. The second-order valence-corrected chi connectivity index (χ2v) is 8.45. The van der Waals surface area contributed by atoms with E-state index in [1.165, 1.54) is 0 Å². The molecule has 5 rings (SSSR count). The van der Waals surface area contributed by atoms with Gasteiger partial charge in [-0.3, -0.25) is 0 Å². The van der Waals surface area contributed by atoms with E-state index in [4.69, 9.17) is 21.1 Å². The number of urea groups is 1. The fourth-order valence-electron chi connectivity index (χ4n) is 4.17. The normalized spacial score (nSPS) is 14.2. The van der Waals surface area contributed by atoms with Crippen molar-refractivity contribution in [2.75, 3.05) is 31.1 Å². The summed E-state index contributed by atoms with van der Waals surface area (Å²) in [6, 6.07) is 11.1. The Morgan fingerprint density at radius 2 is 1.85 bits per heavy atom. The van der Waals surface area contributed by atoms with Gasteiger partial charge in [-0.05, 0) is 50.2 Å². The molecule has 2 amide bonds. The molecule has 0 radical (unpaired) electrons. The van der Waals surface area contributed by atoms with Crippen LogP contribution in [0.5, 0.6) is 0 Å². The lowest BCUT2D eigenvalue weighted by atomic mass is 10.2. The van der Waals surface area contributed by atoms with Crippen molar-refractivity contribution < 1.29 is 9.21 Å². The number of halogens is 1. The zero-order chi connectivity index (χ0) is 22.9. The van der Waals surface area contributed by atoms with Gasteiger partial charge in [0.2, 0.25) is 0 Å². The number of nitrogens with one attached hydrogen (secondary N) is 1. The van der Waals surface area contributed by atoms with Gasteiger partial charge in [-0.1, -0.05) is 11.6 Å². The molecule has 0 bridgehead atoms. The maximum absolute atomic E-state index is 12.5. The summed E-state index contributed by atoms with van der Waals surface area (Å²) in [4.78, 5) is 16.5. The number of aryl methyl sites for hydroxylation is 2. The molecule has 0 spiro atoms. The number of benzene rings is 1. The second kappa shape index (κ2) is 8.74. The molecule has 10 heteroatoms. The van der Waals surface area contributed by atoms with Gasteiger partial charge in [0.25, 0.3) is 0 Å². The molecule has 1 saturated heterocycles. The first kappa shape index (κ1) is 21.3. The molecule has 1 aliphatic heterocycles. The standard InChI is InChI=1S/C23H24ClN7O2/c1-15-20-16(2)31(18-7-5-17(24)6-8-18)28-21(20)22(27-26-15)29-9-11-30(12-10-29)23(32)25-14-19-4-3-13-33-19/h3-8,13H,9-12,14H2,1-2H3,(H,25,32). The summed E-state index contributed by atoms with van der Waals surface area (Å²) < 4.78 is 7.18. The summed E-state index contributed by atoms with van der Waals surface area (Å²) in [7, 11) is 0. The van der Waals surface area contributed by atoms with Crippen molar-refractivity contribution in [3.8, 4) is 5.69 Å². The van der Waals surface area contributed by atoms with Gasteiger partial charge in [0.1, 0.15) is 11.3 Å². The van der Waals surface area contributed by atoms with E-state index in [1.54, 1.807) is 17.2 Å². The first-order valence-electron chi connectivity index (χ1n) is 10.8. The largest absolute Gasteiger partial charge is 0.467 e. The van der Waals surface area contributed by atoms with Gasteiger partial charge >= 0.3 is 6.03 Å². The average molecular weight is 466 g/mol. The quantitative estimate of drug-likeness (QED) is 0.494. The minimum atomic E-state index is -0.103. The molecule has 1 N–H and O–H groups in total. The van der Waals surface area contributed by atoms with Crippen LogP contribution in [-0.2, 0) is 6.54 Å². The van der Waals surface area contributed by atoms with Gasteiger partial charge in [0.05, 0.1) is 35.3 Å². The lowest BCUT2D eigenvalue weighted by molar-refractivity contribution is 0.193. The third kappa shape index (κ3) is 4.11. The van der Waals surface area contributed by atoms with Crippen molar-refractivity contribution in [2.24, 2.45) is 0 Å². The van der Waals surface area contributed by atoms with Crippen molar-refractivity contribution in [1.82, 2.24) is 30.2 Å². The van der Waals surface area contributed by atoms with Gasteiger partial charge in [0.15, 0.2) is 5.82 Å². The molecule has 4 aromatic rings. The van der Waals surface area contributed by atoms with E-state index < -0.39 is 0 Å². The molecule has 0 unspecified atom stereocenters. The zero-order valence-corrected chi connectivity index (χ0v) is 19.2. The monoisotopic (exact) mass is 465 g/mol. The van der Waals surface area contributed by atoms with Crippen molar-refractivity contribution in [3.05, 3.63) is 64.8 Å². The van der Waals surface area contributed by atoms with Gasteiger partial charge < -0.3 is 19.5 Å². The lowest BCUT2D eigenvalue weighted by Crippen LogP contribution is -2.52. The third-order valence-electron chi connectivity index (χ3n) is 5.92. The Bertz CT molecular complexity index is 1280. The molecular weight excluding hydrogens is 442 g/mol. The maximum atomic E-state index is 12.5. The topological polar surface area (TPSA) is 92.3 Å². The number of hydrogen-bond acceptors (Lipinski definition) is 6. The maximum Gasteiger partial charge on any atom is 0.317 e. The molecule has 1 fully saturated rings. The van der Waals surface area contributed by atoms with Gasteiger partial charge in [0, 0.05) is 31.2 Å². The SMILES string of the molecule is Cc1nnc(N2CCN(C(=O)NCc3ccco3)CC2)c2nn(-c3ccc(Cl)cc3)c(C)c12. The Balaban J connectivity index is 1.35. The molecular formula is C23H24ClN7O2. The number of furan rings is 1. The number of aromatic nitrogens is 4. The molecule has 4 heterocycles. The minimum Gasteiger partial charge on any atom is -0.467 e. The Morgan fingerprint density at radius 3 is 2.55 bits per heavy atom. The molecule has 0 saturated carbocycles. The molecule has 9 nitrogen and oxygen atoms in total. The number of amides is 2. The molecule has 170 valence electrons. The molecule has 0 atom stereocenters. The third-order valence-corrected chi connectivity index (χ3v) is 6.17. The van der Waals surface area contributed by atoms with Crippen LogP contribution in [0.2, 0.25) is 5.02 Å². The highest BCUT2D eigenvalue weighted by molar-refractivity contribution is 6.30. The number of hydrogen-bond donors (Lipinski definition) is 1. The van der Waals surface area contributed by atoms with Crippen molar-refractivity contribution in [1.29, 1.82) is 0 Å². The summed E-state index contributed by atoms with van der Waals surface area (Å²) in [5, 5.41) is 18.3. The molecule has 0 aliphatic carbocycles. The van der Waals surface area contributed by atoms with Crippen LogP contribution in [-0.4, -0.2) is 57.1 Å². The van der Waals surface area contributed by atoms with E-state index in [2.05, 4.69) is 20.4 Å². The highest BCUT2D eigenvalue weighted by Crippen LogP contribution is 2.30. The number of piperazine rings is 1. The molecule has 33 heavy (non-hydrogen) atoms. The van der Waals surface area contributed by atoms with Crippen LogP contribution < -0.4 is 10.2 Å². The number of carbonyl (C=O) groups excluding carboxylic acids is 1. The van der Waals surface area contributed by atoms with E-state index >= 15 is 0 Å². The highest BCUT2D eigenvalue weighted by Gasteiger charge is 2.26. The van der Waals surface area contributed by atoms with Crippen LogP contribution in [0.1, 0.15) is 17.1 Å². The van der Waals surface area contributed by atoms with Gasteiger partial charge in [-0.25, -0.2) is 9.48 Å². The number of anilines is 1. The highest BCUT2D eigenvalue weighted by atomic mass is 35.5. The number of nitrogens with zero attached hydrogens (tertiary/aromatic N) is 6. The van der Waals surface area contributed by atoms with E-state index in [9.17, 15) is 4.79 Å². The number of rotatable bonds is 4. The van der Waals surface area contributed by atoms with Crippen LogP contribution in [0.4, 0.5) is 10.6 Å².